The third-order valence-corrected chi connectivity index (χ3v) is 13.6. The molecular formula is C52H51IrN5SSi-2. The van der Waals surface area contributed by atoms with Crippen molar-refractivity contribution in [2.24, 2.45) is 5.92 Å². The summed E-state index contributed by atoms with van der Waals surface area (Å²) in [5.74, 6) is 0.783. The number of benzene rings is 4. The molecule has 5 aromatic heterocycles. The molecule has 4 aromatic carbocycles. The summed E-state index contributed by atoms with van der Waals surface area (Å²) in [4.78, 5) is 20.0. The Morgan fingerprint density at radius 2 is 1.63 bits per heavy atom. The Kier molecular flexibility index (Phi) is 11.7. The number of nitrogens with zero attached hydrogens (tertiary/aromatic N) is 5. The first-order valence-corrected chi connectivity index (χ1v) is 24.6. The van der Waals surface area contributed by atoms with Gasteiger partial charge in [0.05, 0.1) is 31.1 Å². The monoisotopic (exact) mass is 1000 g/mol. The van der Waals surface area contributed by atoms with E-state index in [9.17, 15) is 0 Å². The molecule has 0 atom stereocenters. The van der Waals surface area contributed by atoms with Gasteiger partial charge in [0, 0.05) is 52.5 Å². The Labute approximate surface area is 376 Å². The summed E-state index contributed by atoms with van der Waals surface area (Å²) in [6, 6.07) is 42.0. The molecular weight excluding hydrogens is 947 g/mol. The smallest absolute Gasteiger partial charge is 0.113 e. The predicted octanol–water partition coefficient (Wildman–Crippen LogP) is 13.2. The average molecular weight is 1000 g/mol. The summed E-state index contributed by atoms with van der Waals surface area (Å²) in [7, 11) is -1.67. The summed E-state index contributed by atoms with van der Waals surface area (Å²) in [5, 5.41) is 3.51. The van der Waals surface area contributed by atoms with Crippen molar-refractivity contribution in [3.8, 4) is 39.5 Å². The largest absolute Gasteiger partial charge is 0.332 e. The number of hydrogen-bond donors (Lipinski definition) is 0. The maximum Gasteiger partial charge on any atom is 0.113 e. The van der Waals surface area contributed by atoms with Crippen molar-refractivity contribution >= 4 is 55.9 Å². The first-order chi connectivity index (χ1) is 29.0. The normalized spacial score (nSPS) is 12.6. The van der Waals surface area contributed by atoms with Gasteiger partial charge >= 0.3 is 0 Å². The van der Waals surface area contributed by atoms with Gasteiger partial charge < -0.3 is 9.55 Å². The van der Waals surface area contributed by atoms with Crippen molar-refractivity contribution in [3.05, 3.63) is 157 Å². The first kappa shape index (κ1) is 40.3. The zero-order chi connectivity index (χ0) is 43.3. The summed E-state index contributed by atoms with van der Waals surface area (Å²) in [5.41, 5.74) is 11.2. The van der Waals surface area contributed by atoms with E-state index in [-0.39, 0.29) is 31.4 Å². The Morgan fingerprint density at radius 3 is 2.35 bits per heavy atom. The number of pyridine rings is 3. The molecule has 0 unspecified atom stereocenters. The van der Waals surface area contributed by atoms with Gasteiger partial charge in [-0.1, -0.05) is 126 Å². The Balaban J connectivity index is 0.000000215. The van der Waals surface area contributed by atoms with Gasteiger partial charge in [-0.3, -0.25) is 9.97 Å². The molecule has 9 aromatic rings. The minimum Gasteiger partial charge on any atom is -0.332 e. The van der Waals surface area contributed by atoms with E-state index in [1.807, 2.05) is 81.1 Å². The minimum atomic E-state index is -1.67. The van der Waals surface area contributed by atoms with Gasteiger partial charge in [0.15, 0.2) is 0 Å². The van der Waals surface area contributed by atoms with Gasteiger partial charge in [0.1, 0.15) is 4.83 Å². The van der Waals surface area contributed by atoms with Crippen LogP contribution in [0.25, 0.3) is 70.8 Å². The second kappa shape index (κ2) is 17.5. The van der Waals surface area contributed by atoms with Crippen LogP contribution in [0.1, 0.15) is 54.1 Å². The van der Waals surface area contributed by atoms with Crippen LogP contribution in [0.15, 0.2) is 128 Å². The number of aryl methyl sites for hydroxylation is 1. The molecule has 0 N–H and O–H groups in total. The summed E-state index contributed by atoms with van der Waals surface area (Å²) < 4.78 is 20.5. The van der Waals surface area contributed by atoms with Crippen molar-refractivity contribution in [1.29, 1.82) is 0 Å². The van der Waals surface area contributed by atoms with E-state index >= 15 is 0 Å². The number of thiophene rings is 1. The molecule has 0 amide bonds. The van der Waals surface area contributed by atoms with Crippen LogP contribution in [-0.4, -0.2) is 32.6 Å². The second-order valence-corrected chi connectivity index (χ2v) is 23.5. The molecule has 0 bridgehead atoms. The molecule has 0 aliphatic heterocycles. The molecule has 0 aliphatic rings. The van der Waals surface area contributed by atoms with Crippen LogP contribution in [0.3, 0.4) is 0 Å². The van der Waals surface area contributed by atoms with E-state index in [0.29, 0.717) is 0 Å². The predicted molar refractivity (Wildman–Crippen MR) is 253 cm³/mol. The van der Waals surface area contributed by atoms with E-state index < -0.39 is 14.4 Å². The van der Waals surface area contributed by atoms with Crippen LogP contribution in [0.5, 0.6) is 0 Å². The zero-order valence-electron chi connectivity index (χ0n) is 37.7. The SMILES string of the molecule is Cc1c[c-]c(-c2nc3ccncc3n2-c2ccc(-c3ccccc3)cc2C(C)(C)C)c2sc3ncccc3c12.[2H]C([2H])(c1cc(-c2[c-]cccc2)ncc1[Si](C)(C)C)C(C)C.[Ir]. The Bertz CT molecular complexity index is 3020. The molecule has 0 spiro atoms. The Morgan fingerprint density at radius 1 is 0.850 bits per heavy atom. The molecule has 0 saturated heterocycles. The second-order valence-electron chi connectivity index (χ2n) is 17.4. The van der Waals surface area contributed by atoms with Gasteiger partial charge in [-0.05, 0) is 74.2 Å². The topological polar surface area (TPSA) is 56.5 Å². The molecule has 0 fully saturated rings. The van der Waals surface area contributed by atoms with E-state index in [0.717, 1.165) is 59.6 Å². The maximum atomic E-state index is 8.55. The molecule has 60 heavy (non-hydrogen) atoms. The fourth-order valence-corrected chi connectivity index (χ4v) is 10.3. The van der Waals surface area contributed by atoms with E-state index in [1.54, 1.807) is 11.3 Å². The first-order valence-electron chi connectivity index (χ1n) is 21.2. The minimum absolute atomic E-state index is 0. The van der Waals surface area contributed by atoms with Crippen molar-refractivity contribution in [2.45, 2.75) is 73.0 Å². The molecule has 8 heteroatoms. The van der Waals surface area contributed by atoms with Gasteiger partial charge in [0.2, 0.25) is 0 Å². The van der Waals surface area contributed by atoms with Crippen molar-refractivity contribution in [3.63, 3.8) is 0 Å². The van der Waals surface area contributed by atoms with E-state index in [2.05, 4.69) is 140 Å². The van der Waals surface area contributed by atoms with Crippen LogP contribution in [0.4, 0.5) is 0 Å². The summed E-state index contributed by atoms with van der Waals surface area (Å²) >= 11 is 1.71. The quantitative estimate of drug-likeness (QED) is 0.118. The fraction of sp³-hybridized carbons (Fsp3) is 0.231. The Hall–Kier alpha value is -5.11. The standard InChI is InChI=1S/C34H27N4S.C18H24NSi.Ir/c1-21-12-14-25(31-30(21)24-11-8-17-36-33(24)39-31)32-37-27-16-18-35-20-29(27)38(32)28-15-13-23(19-26(28)34(2,3)4)22-9-6-5-7-10-22;1-14(2)11-16-12-17(15-9-7-6-8-10-15)19-13-18(16)20(3,4)5;/h5-13,15-20H,1-4H3;6-9,12-14H,11H2,1-5H3;/q2*-1;/i;11D2;. The molecule has 0 saturated carbocycles. The average Bonchev–Trinajstić information content (AvgIpc) is 3.83. The van der Waals surface area contributed by atoms with Crippen molar-refractivity contribution < 1.29 is 22.8 Å². The van der Waals surface area contributed by atoms with Crippen LogP contribution in [-0.2, 0) is 31.9 Å². The van der Waals surface area contributed by atoms with Gasteiger partial charge in [0.25, 0.3) is 0 Å². The van der Waals surface area contributed by atoms with E-state index in [4.69, 9.17) is 7.73 Å². The molecule has 9 rings (SSSR count). The van der Waals surface area contributed by atoms with Crippen LogP contribution >= 0.6 is 11.3 Å². The molecule has 5 nitrogen and oxygen atoms in total. The maximum absolute atomic E-state index is 8.55. The van der Waals surface area contributed by atoms with E-state index in [1.165, 1.54) is 33.0 Å². The number of fused-ring (bicyclic) bond motifs is 4. The van der Waals surface area contributed by atoms with Gasteiger partial charge in [-0.15, -0.1) is 53.6 Å². The summed E-state index contributed by atoms with van der Waals surface area (Å²) in [6.07, 6.45) is 6.12. The van der Waals surface area contributed by atoms with Crippen molar-refractivity contribution in [1.82, 2.24) is 24.5 Å². The number of aromatic nitrogens is 5. The molecule has 0 aliphatic carbocycles. The van der Waals surface area contributed by atoms with Gasteiger partial charge in [-0.25, -0.2) is 4.98 Å². The molecule has 305 valence electrons. The number of hydrogen-bond acceptors (Lipinski definition) is 5. The van der Waals surface area contributed by atoms with Crippen LogP contribution in [0, 0.1) is 25.0 Å². The van der Waals surface area contributed by atoms with Crippen LogP contribution < -0.4 is 5.19 Å². The van der Waals surface area contributed by atoms with Gasteiger partial charge in [-0.2, -0.15) is 11.3 Å². The molecule has 5 heterocycles. The van der Waals surface area contributed by atoms with Crippen LogP contribution in [0.2, 0.25) is 19.6 Å². The number of rotatable bonds is 7. The third-order valence-electron chi connectivity index (χ3n) is 10.5. The number of imidazole rings is 1. The summed E-state index contributed by atoms with van der Waals surface area (Å²) in [6.45, 7) is 19.5. The fourth-order valence-electron chi connectivity index (χ4n) is 7.64. The third kappa shape index (κ3) is 8.71. The van der Waals surface area contributed by atoms with Crippen molar-refractivity contribution in [2.75, 3.05) is 0 Å². The zero-order valence-corrected chi connectivity index (χ0v) is 39.9. The molecule has 1 radical (unpaired) electrons.